The maximum Gasteiger partial charge on any atom is 0.330 e. The van der Waals surface area contributed by atoms with E-state index in [1.807, 2.05) is 0 Å². The van der Waals surface area contributed by atoms with Crippen LogP contribution < -0.4 is 0 Å². The Hall–Kier alpha value is -0.950. The summed E-state index contributed by atoms with van der Waals surface area (Å²) in [6, 6.07) is 0. The number of aliphatic hydroxyl groups excluding tert-OH is 4. The maximum atomic E-state index is 10.6. The molecular formula is C9H16O6. The number of ether oxygens (including phenoxy) is 1. The van der Waals surface area contributed by atoms with E-state index in [4.69, 9.17) is 10.2 Å². The molecule has 0 heterocycles. The van der Waals surface area contributed by atoms with Gasteiger partial charge in [-0.25, -0.2) is 4.79 Å². The lowest BCUT2D eigenvalue weighted by Gasteiger charge is -2.21. The van der Waals surface area contributed by atoms with Crippen LogP contribution in [0.2, 0.25) is 0 Å². The molecule has 3 atom stereocenters. The zero-order chi connectivity index (χ0) is 11.8. The summed E-state index contributed by atoms with van der Waals surface area (Å²) < 4.78 is 4.55. The van der Waals surface area contributed by atoms with E-state index in [2.05, 4.69) is 11.3 Å². The minimum atomic E-state index is -1.46. The van der Waals surface area contributed by atoms with E-state index in [1.54, 1.807) is 0 Å². The van der Waals surface area contributed by atoms with Gasteiger partial charge in [-0.05, 0) is 0 Å². The van der Waals surface area contributed by atoms with Gasteiger partial charge in [0.05, 0.1) is 19.3 Å². The van der Waals surface area contributed by atoms with Gasteiger partial charge in [-0.1, -0.05) is 6.58 Å². The zero-order valence-electron chi connectivity index (χ0n) is 8.24. The van der Waals surface area contributed by atoms with Crippen LogP contribution >= 0.6 is 0 Å². The molecule has 0 saturated carbocycles. The molecule has 0 aromatic heterocycles. The Morgan fingerprint density at radius 1 is 1.33 bits per heavy atom. The Balaban J connectivity index is 3.77. The monoisotopic (exact) mass is 220 g/mol. The summed E-state index contributed by atoms with van der Waals surface area (Å²) in [5.41, 5.74) is 0. The van der Waals surface area contributed by atoms with Gasteiger partial charge < -0.3 is 25.2 Å². The average Bonchev–Trinajstić information content (AvgIpc) is 2.26. The molecule has 0 saturated heterocycles. The van der Waals surface area contributed by atoms with Crippen LogP contribution in [-0.2, 0) is 9.53 Å². The number of rotatable bonds is 7. The van der Waals surface area contributed by atoms with Crippen molar-refractivity contribution in [3.05, 3.63) is 12.7 Å². The van der Waals surface area contributed by atoms with E-state index in [1.165, 1.54) is 0 Å². The van der Waals surface area contributed by atoms with Crippen LogP contribution in [0.5, 0.6) is 0 Å². The lowest BCUT2D eigenvalue weighted by atomic mass is 10.1. The number of esters is 1. The first-order valence-electron chi connectivity index (χ1n) is 4.47. The van der Waals surface area contributed by atoms with Crippen LogP contribution in [0.4, 0.5) is 0 Å². The second-order valence-corrected chi connectivity index (χ2v) is 2.97. The number of hydrogen-bond donors (Lipinski definition) is 4. The van der Waals surface area contributed by atoms with Crippen molar-refractivity contribution in [3.63, 3.8) is 0 Å². The summed E-state index contributed by atoms with van der Waals surface area (Å²) in [5.74, 6) is -0.626. The molecule has 1 unspecified atom stereocenters. The zero-order valence-corrected chi connectivity index (χ0v) is 8.24. The van der Waals surface area contributed by atoms with E-state index >= 15 is 0 Å². The van der Waals surface area contributed by atoms with Gasteiger partial charge in [0.25, 0.3) is 0 Å². The molecule has 0 bridgehead atoms. The molecule has 6 nitrogen and oxygen atoms in total. The molecule has 0 radical (unpaired) electrons. The highest BCUT2D eigenvalue weighted by Gasteiger charge is 2.23. The van der Waals surface area contributed by atoms with Gasteiger partial charge in [0, 0.05) is 12.5 Å². The van der Waals surface area contributed by atoms with Crippen molar-refractivity contribution in [1.82, 2.24) is 0 Å². The fraction of sp³-hybridized carbons (Fsp3) is 0.667. The summed E-state index contributed by atoms with van der Waals surface area (Å²) in [7, 11) is 0. The molecule has 0 rings (SSSR count). The van der Waals surface area contributed by atoms with Crippen LogP contribution in [0.1, 0.15) is 6.42 Å². The highest BCUT2D eigenvalue weighted by atomic mass is 16.5. The Morgan fingerprint density at radius 3 is 2.40 bits per heavy atom. The van der Waals surface area contributed by atoms with Crippen LogP contribution in [0.15, 0.2) is 12.7 Å². The van der Waals surface area contributed by atoms with Crippen molar-refractivity contribution < 1.29 is 30.0 Å². The summed E-state index contributed by atoms with van der Waals surface area (Å²) in [4.78, 5) is 10.6. The van der Waals surface area contributed by atoms with Crippen molar-refractivity contribution in [2.45, 2.75) is 24.7 Å². The summed E-state index contributed by atoms with van der Waals surface area (Å²) in [6.07, 6.45) is -3.18. The lowest BCUT2D eigenvalue weighted by Crippen LogP contribution is -2.40. The molecule has 6 heteroatoms. The molecule has 4 N–H and O–H groups in total. The van der Waals surface area contributed by atoms with Crippen molar-refractivity contribution in [1.29, 1.82) is 0 Å². The van der Waals surface area contributed by atoms with Crippen LogP contribution in [0.25, 0.3) is 0 Å². The van der Waals surface area contributed by atoms with Gasteiger partial charge in [0.15, 0.2) is 0 Å². The Morgan fingerprint density at radius 2 is 1.93 bits per heavy atom. The Kier molecular flexibility index (Phi) is 6.89. The normalized spacial score (nSPS) is 16.5. The fourth-order valence-electron chi connectivity index (χ4n) is 0.874. The lowest BCUT2D eigenvalue weighted by molar-refractivity contribution is -0.139. The minimum absolute atomic E-state index is 0.0300. The summed E-state index contributed by atoms with van der Waals surface area (Å²) >= 11 is 0. The minimum Gasteiger partial charge on any atom is -0.462 e. The SMILES string of the molecule is C=CC(=O)OCCC(O)[C@H](O)[C@H](O)CO. The second-order valence-electron chi connectivity index (χ2n) is 2.97. The molecule has 0 aromatic carbocycles. The number of hydrogen-bond acceptors (Lipinski definition) is 6. The van der Waals surface area contributed by atoms with E-state index in [0.717, 1.165) is 6.08 Å². The third-order valence-electron chi connectivity index (χ3n) is 1.80. The van der Waals surface area contributed by atoms with Gasteiger partial charge in [-0.15, -0.1) is 0 Å². The number of carbonyl (C=O) groups is 1. The van der Waals surface area contributed by atoms with Gasteiger partial charge >= 0.3 is 5.97 Å². The fourth-order valence-corrected chi connectivity index (χ4v) is 0.874. The molecule has 0 aromatic rings. The van der Waals surface area contributed by atoms with Crippen LogP contribution in [0, 0.1) is 0 Å². The molecule has 0 spiro atoms. The third kappa shape index (κ3) is 5.48. The predicted molar refractivity (Wildman–Crippen MR) is 50.9 cm³/mol. The standard InChI is InChI=1S/C9H16O6/c1-2-8(13)15-4-3-6(11)9(14)7(12)5-10/h2,6-7,9-12,14H,1,3-5H2/t6?,7-,9+/m1/s1. The maximum absolute atomic E-state index is 10.6. The topological polar surface area (TPSA) is 107 Å². The van der Waals surface area contributed by atoms with E-state index < -0.39 is 30.9 Å². The highest BCUT2D eigenvalue weighted by molar-refractivity contribution is 5.81. The molecule has 15 heavy (non-hydrogen) atoms. The number of aliphatic hydroxyl groups is 4. The summed E-state index contributed by atoms with van der Waals surface area (Å²) in [6.45, 7) is 2.43. The van der Waals surface area contributed by atoms with Gasteiger partial charge in [-0.3, -0.25) is 0 Å². The van der Waals surface area contributed by atoms with Crippen LogP contribution in [-0.4, -0.2) is 57.9 Å². The van der Waals surface area contributed by atoms with Crippen molar-refractivity contribution in [3.8, 4) is 0 Å². The summed E-state index contributed by atoms with van der Waals surface area (Å²) in [5, 5.41) is 35.9. The highest BCUT2D eigenvalue weighted by Crippen LogP contribution is 2.04. The molecule has 0 amide bonds. The van der Waals surface area contributed by atoms with Crippen LogP contribution in [0.3, 0.4) is 0 Å². The van der Waals surface area contributed by atoms with E-state index in [0.29, 0.717) is 0 Å². The van der Waals surface area contributed by atoms with Crippen molar-refractivity contribution in [2.24, 2.45) is 0 Å². The molecule has 88 valence electrons. The quantitative estimate of drug-likeness (QED) is 0.297. The van der Waals surface area contributed by atoms with Crippen molar-refractivity contribution >= 4 is 5.97 Å². The number of carbonyl (C=O) groups excluding carboxylic acids is 1. The average molecular weight is 220 g/mol. The molecule has 0 aliphatic heterocycles. The third-order valence-corrected chi connectivity index (χ3v) is 1.80. The van der Waals surface area contributed by atoms with Gasteiger partial charge in [-0.2, -0.15) is 0 Å². The molecule has 0 aliphatic carbocycles. The smallest absolute Gasteiger partial charge is 0.330 e. The molecule has 0 aliphatic rings. The van der Waals surface area contributed by atoms with E-state index in [-0.39, 0.29) is 13.0 Å². The molecule has 0 fully saturated rings. The largest absolute Gasteiger partial charge is 0.462 e. The Bertz CT molecular complexity index is 205. The first-order chi connectivity index (χ1) is 7.02. The second kappa shape index (κ2) is 7.36. The van der Waals surface area contributed by atoms with Gasteiger partial charge in [0.1, 0.15) is 12.2 Å². The van der Waals surface area contributed by atoms with E-state index in [9.17, 15) is 15.0 Å². The van der Waals surface area contributed by atoms with Gasteiger partial charge in [0.2, 0.25) is 0 Å². The first kappa shape index (κ1) is 14.1. The Labute approximate surface area is 87.4 Å². The van der Waals surface area contributed by atoms with Crippen molar-refractivity contribution in [2.75, 3.05) is 13.2 Å². The molecular weight excluding hydrogens is 204 g/mol. The predicted octanol–water partition coefficient (Wildman–Crippen LogP) is -1.82. The first-order valence-corrected chi connectivity index (χ1v) is 4.47.